The highest BCUT2D eigenvalue weighted by atomic mass is 32.1. The van der Waals surface area contributed by atoms with Crippen molar-refractivity contribution in [3.8, 4) is 0 Å². The topological polar surface area (TPSA) is 80.0 Å². The van der Waals surface area contributed by atoms with Gasteiger partial charge in [-0.15, -0.1) is 11.3 Å². The smallest absolute Gasteiger partial charge is 0.365 e. The number of carboxylic acids is 1. The molecule has 0 aromatic carbocycles. The van der Waals surface area contributed by atoms with Gasteiger partial charge in [-0.25, -0.2) is 9.78 Å². The van der Waals surface area contributed by atoms with Crippen molar-refractivity contribution in [2.45, 2.75) is 13.5 Å². The molecule has 0 radical (unpaired) electrons. The summed E-state index contributed by atoms with van der Waals surface area (Å²) in [5.41, 5.74) is 2.55. The fraction of sp³-hybridized carbons (Fsp3) is 0.300. The van der Waals surface area contributed by atoms with E-state index in [1.165, 1.54) is 0 Å². The molecule has 0 saturated heterocycles. The number of aromatic nitrogens is 3. The van der Waals surface area contributed by atoms with E-state index in [4.69, 9.17) is 5.11 Å². The van der Waals surface area contributed by atoms with Crippen molar-refractivity contribution < 1.29 is 9.90 Å². The molecule has 0 fully saturated rings. The minimum atomic E-state index is -0.987. The molecule has 0 bridgehead atoms. The Morgan fingerprint density at radius 2 is 2.41 bits per heavy atom. The van der Waals surface area contributed by atoms with Crippen molar-refractivity contribution >= 4 is 23.0 Å². The van der Waals surface area contributed by atoms with Crippen molar-refractivity contribution in [2.24, 2.45) is 7.05 Å². The van der Waals surface area contributed by atoms with Crippen LogP contribution >= 0.6 is 11.3 Å². The Hall–Kier alpha value is -1.89. The highest BCUT2D eigenvalue weighted by molar-refractivity contribution is 7.11. The van der Waals surface area contributed by atoms with Gasteiger partial charge < -0.3 is 10.4 Å². The predicted octanol–water partition coefficient (Wildman–Crippen LogP) is 1.50. The summed E-state index contributed by atoms with van der Waals surface area (Å²) in [7, 11) is 1.85. The van der Waals surface area contributed by atoms with E-state index in [9.17, 15) is 4.79 Å². The summed E-state index contributed by atoms with van der Waals surface area (Å²) in [5, 5.41) is 18.0. The maximum absolute atomic E-state index is 10.7. The van der Waals surface area contributed by atoms with Crippen LogP contribution in [-0.2, 0) is 13.6 Å². The number of carbonyl (C=O) groups is 1. The molecule has 2 N–H and O–H groups in total. The Balaban J connectivity index is 2.02. The molecule has 2 aromatic heterocycles. The molecule has 0 aliphatic heterocycles. The minimum absolute atomic E-state index is 0.115. The lowest BCUT2D eigenvalue weighted by atomic mass is 10.4. The second kappa shape index (κ2) is 4.54. The summed E-state index contributed by atoms with van der Waals surface area (Å²) in [6.07, 6.45) is 1.87. The van der Waals surface area contributed by atoms with Crippen LogP contribution in [0.5, 0.6) is 0 Å². The summed E-state index contributed by atoms with van der Waals surface area (Å²) < 4.78 is 1.72. The number of anilines is 1. The van der Waals surface area contributed by atoms with Gasteiger partial charge in [0.25, 0.3) is 0 Å². The van der Waals surface area contributed by atoms with E-state index < -0.39 is 5.97 Å². The van der Waals surface area contributed by atoms with Crippen LogP contribution in [0.1, 0.15) is 21.2 Å². The Morgan fingerprint density at radius 1 is 1.65 bits per heavy atom. The Morgan fingerprint density at radius 3 is 2.94 bits per heavy atom. The standard InChI is InChI=1S/C10H12N4O2S/c1-6-8(4-14(2)13-6)11-3-7-5-17-9(12-7)10(15)16/h4-5,11H,3H2,1-2H3,(H,15,16). The quantitative estimate of drug-likeness (QED) is 0.861. The van der Waals surface area contributed by atoms with Crippen LogP contribution in [0.25, 0.3) is 0 Å². The molecule has 0 aliphatic rings. The van der Waals surface area contributed by atoms with E-state index in [1.807, 2.05) is 20.2 Å². The number of aromatic carboxylic acids is 1. The monoisotopic (exact) mass is 252 g/mol. The first kappa shape index (κ1) is 11.6. The maximum atomic E-state index is 10.7. The Kier molecular flexibility index (Phi) is 3.10. The number of aryl methyl sites for hydroxylation is 2. The van der Waals surface area contributed by atoms with Crippen LogP contribution in [-0.4, -0.2) is 25.8 Å². The van der Waals surface area contributed by atoms with Gasteiger partial charge in [-0.05, 0) is 6.92 Å². The Bertz CT molecular complexity index is 546. The molecule has 0 aliphatic carbocycles. The fourth-order valence-electron chi connectivity index (χ4n) is 1.45. The van der Waals surface area contributed by atoms with E-state index in [0.29, 0.717) is 6.54 Å². The average Bonchev–Trinajstić information content (AvgIpc) is 2.82. The molecule has 0 saturated carbocycles. The number of carboxylic acid groups (broad SMARTS) is 1. The second-order valence-corrected chi connectivity index (χ2v) is 4.46. The summed E-state index contributed by atoms with van der Waals surface area (Å²) in [4.78, 5) is 14.7. The zero-order chi connectivity index (χ0) is 12.4. The SMILES string of the molecule is Cc1nn(C)cc1NCc1csc(C(=O)O)n1. The lowest BCUT2D eigenvalue weighted by Gasteiger charge is -2.00. The van der Waals surface area contributed by atoms with E-state index >= 15 is 0 Å². The van der Waals surface area contributed by atoms with Gasteiger partial charge in [0.2, 0.25) is 5.01 Å². The van der Waals surface area contributed by atoms with Gasteiger partial charge in [-0.3, -0.25) is 4.68 Å². The second-order valence-electron chi connectivity index (χ2n) is 3.60. The van der Waals surface area contributed by atoms with E-state index in [-0.39, 0.29) is 5.01 Å². The van der Waals surface area contributed by atoms with E-state index in [1.54, 1.807) is 10.1 Å². The van der Waals surface area contributed by atoms with Gasteiger partial charge >= 0.3 is 5.97 Å². The number of thiazole rings is 1. The molecule has 0 amide bonds. The van der Waals surface area contributed by atoms with Crippen molar-refractivity contribution in [3.63, 3.8) is 0 Å². The van der Waals surface area contributed by atoms with Crippen LogP contribution in [0.4, 0.5) is 5.69 Å². The summed E-state index contributed by atoms with van der Waals surface area (Å²) in [6.45, 7) is 2.41. The number of hydrogen-bond acceptors (Lipinski definition) is 5. The van der Waals surface area contributed by atoms with Crippen LogP contribution < -0.4 is 5.32 Å². The van der Waals surface area contributed by atoms with Gasteiger partial charge in [-0.1, -0.05) is 0 Å². The van der Waals surface area contributed by atoms with E-state index in [2.05, 4.69) is 15.4 Å². The summed E-state index contributed by atoms with van der Waals surface area (Å²) in [6, 6.07) is 0. The normalized spacial score (nSPS) is 10.5. The first-order chi connectivity index (χ1) is 8.06. The zero-order valence-electron chi connectivity index (χ0n) is 9.47. The first-order valence-electron chi connectivity index (χ1n) is 4.98. The lowest BCUT2D eigenvalue weighted by Crippen LogP contribution is -2.01. The predicted molar refractivity (Wildman–Crippen MR) is 64.3 cm³/mol. The van der Waals surface area contributed by atoms with Crippen molar-refractivity contribution in [1.29, 1.82) is 0 Å². The molecule has 2 heterocycles. The molecule has 0 atom stereocenters. The Labute approximate surface area is 102 Å². The largest absolute Gasteiger partial charge is 0.476 e. The van der Waals surface area contributed by atoms with Gasteiger partial charge in [-0.2, -0.15) is 5.10 Å². The molecule has 6 nitrogen and oxygen atoms in total. The highest BCUT2D eigenvalue weighted by Gasteiger charge is 2.09. The molecule has 2 aromatic rings. The number of hydrogen-bond donors (Lipinski definition) is 2. The van der Waals surface area contributed by atoms with Gasteiger partial charge in [0.05, 0.1) is 23.6 Å². The third-order valence-electron chi connectivity index (χ3n) is 2.21. The van der Waals surface area contributed by atoms with Gasteiger partial charge in [0, 0.05) is 18.6 Å². The average molecular weight is 252 g/mol. The van der Waals surface area contributed by atoms with Gasteiger partial charge in [0.15, 0.2) is 0 Å². The van der Waals surface area contributed by atoms with Crippen molar-refractivity contribution in [1.82, 2.24) is 14.8 Å². The van der Waals surface area contributed by atoms with Crippen LogP contribution in [0.2, 0.25) is 0 Å². The molecular formula is C10H12N4O2S. The zero-order valence-corrected chi connectivity index (χ0v) is 10.3. The van der Waals surface area contributed by atoms with Crippen LogP contribution in [0.3, 0.4) is 0 Å². The first-order valence-corrected chi connectivity index (χ1v) is 5.86. The molecule has 7 heteroatoms. The number of nitrogens with zero attached hydrogens (tertiary/aromatic N) is 3. The summed E-state index contributed by atoms with van der Waals surface area (Å²) >= 11 is 1.13. The van der Waals surface area contributed by atoms with Crippen LogP contribution in [0, 0.1) is 6.92 Å². The van der Waals surface area contributed by atoms with Crippen molar-refractivity contribution in [3.05, 3.63) is 28.0 Å². The maximum Gasteiger partial charge on any atom is 0.365 e. The summed E-state index contributed by atoms with van der Waals surface area (Å²) in [5.74, 6) is -0.987. The highest BCUT2D eigenvalue weighted by Crippen LogP contribution is 2.14. The number of rotatable bonds is 4. The third-order valence-corrected chi connectivity index (χ3v) is 3.09. The lowest BCUT2D eigenvalue weighted by molar-refractivity contribution is 0.0696. The minimum Gasteiger partial charge on any atom is -0.476 e. The van der Waals surface area contributed by atoms with Crippen LogP contribution in [0.15, 0.2) is 11.6 Å². The molecule has 2 rings (SSSR count). The molecule has 17 heavy (non-hydrogen) atoms. The third kappa shape index (κ3) is 2.62. The van der Waals surface area contributed by atoms with E-state index in [0.717, 1.165) is 28.4 Å². The molecular weight excluding hydrogens is 240 g/mol. The van der Waals surface area contributed by atoms with Gasteiger partial charge in [0.1, 0.15) is 0 Å². The fourth-order valence-corrected chi connectivity index (χ4v) is 2.10. The molecule has 0 spiro atoms. The number of nitrogens with one attached hydrogen (secondary N) is 1. The van der Waals surface area contributed by atoms with Crippen molar-refractivity contribution in [2.75, 3.05) is 5.32 Å². The molecule has 90 valence electrons. The molecule has 0 unspecified atom stereocenters.